The van der Waals surface area contributed by atoms with Gasteiger partial charge in [0.1, 0.15) is 11.2 Å². The number of benzene rings is 2. The maximum Gasteiger partial charge on any atom is 0.326 e. The average Bonchev–Trinajstić information content (AvgIpc) is 3.32. The van der Waals surface area contributed by atoms with E-state index in [1.54, 1.807) is 19.1 Å². The van der Waals surface area contributed by atoms with Crippen LogP contribution in [0.4, 0.5) is 10.1 Å². The lowest BCUT2D eigenvalue weighted by Crippen LogP contribution is -2.28. The fourth-order valence-corrected chi connectivity index (χ4v) is 2.68. The van der Waals surface area contributed by atoms with Crippen molar-refractivity contribution in [1.29, 1.82) is 0 Å². The van der Waals surface area contributed by atoms with Crippen molar-refractivity contribution in [2.45, 2.75) is 6.92 Å². The SMILES string of the molecule is COC(=O)C1(C(C)=Nc2ccccc2)C=C1c1ccc(F)cc1. The third-order valence-corrected chi connectivity index (χ3v) is 3.99. The van der Waals surface area contributed by atoms with Crippen LogP contribution in [0.5, 0.6) is 0 Å². The highest BCUT2D eigenvalue weighted by atomic mass is 19.1. The summed E-state index contributed by atoms with van der Waals surface area (Å²) in [6.07, 6.45) is 1.81. The van der Waals surface area contributed by atoms with E-state index in [0.717, 1.165) is 16.8 Å². The molecular formula is C19H16FNO2. The van der Waals surface area contributed by atoms with Crippen LogP contribution in [0.15, 0.2) is 65.7 Å². The Morgan fingerprint density at radius 2 is 1.74 bits per heavy atom. The Balaban J connectivity index is 1.96. The number of ether oxygens (including phenoxy) is 1. The molecule has 2 aromatic carbocycles. The standard InChI is InChI=1S/C19H16FNO2/c1-13(21-16-6-4-3-5-7-16)19(18(22)23-2)12-17(19)14-8-10-15(20)11-9-14/h3-12H,1-2H3. The zero-order valence-corrected chi connectivity index (χ0v) is 12.9. The van der Waals surface area contributed by atoms with Gasteiger partial charge >= 0.3 is 5.97 Å². The van der Waals surface area contributed by atoms with Crippen molar-refractivity contribution in [3.8, 4) is 0 Å². The zero-order valence-electron chi connectivity index (χ0n) is 12.9. The van der Waals surface area contributed by atoms with E-state index in [2.05, 4.69) is 4.99 Å². The fraction of sp³-hybridized carbons (Fsp3) is 0.158. The van der Waals surface area contributed by atoms with Gasteiger partial charge in [-0.25, -0.2) is 4.39 Å². The Labute approximate surface area is 134 Å². The smallest absolute Gasteiger partial charge is 0.326 e. The third-order valence-electron chi connectivity index (χ3n) is 3.99. The van der Waals surface area contributed by atoms with Gasteiger partial charge in [0, 0.05) is 5.71 Å². The molecule has 0 saturated heterocycles. The van der Waals surface area contributed by atoms with E-state index < -0.39 is 5.41 Å². The summed E-state index contributed by atoms with van der Waals surface area (Å²) in [6, 6.07) is 15.5. The maximum atomic E-state index is 13.1. The van der Waals surface area contributed by atoms with Crippen molar-refractivity contribution in [1.82, 2.24) is 0 Å². The van der Waals surface area contributed by atoms with Gasteiger partial charge in [-0.05, 0) is 42.3 Å². The largest absolute Gasteiger partial charge is 0.468 e. The summed E-state index contributed by atoms with van der Waals surface area (Å²) in [7, 11) is 1.36. The first-order valence-electron chi connectivity index (χ1n) is 7.26. The predicted molar refractivity (Wildman–Crippen MR) is 88.0 cm³/mol. The molecule has 1 atom stereocenters. The molecule has 23 heavy (non-hydrogen) atoms. The van der Waals surface area contributed by atoms with Gasteiger partial charge in [0.25, 0.3) is 0 Å². The van der Waals surface area contributed by atoms with Gasteiger partial charge in [0.2, 0.25) is 0 Å². The van der Waals surface area contributed by atoms with E-state index in [1.165, 1.54) is 19.2 Å². The van der Waals surface area contributed by atoms with Crippen LogP contribution in [0.25, 0.3) is 5.57 Å². The number of halogens is 1. The highest BCUT2D eigenvalue weighted by Gasteiger charge is 2.55. The number of hydrogen-bond donors (Lipinski definition) is 0. The Morgan fingerprint density at radius 3 is 2.35 bits per heavy atom. The van der Waals surface area contributed by atoms with E-state index in [-0.39, 0.29) is 11.8 Å². The van der Waals surface area contributed by atoms with E-state index in [1.807, 2.05) is 36.4 Å². The summed E-state index contributed by atoms with van der Waals surface area (Å²) in [6.45, 7) is 1.80. The Morgan fingerprint density at radius 1 is 1.09 bits per heavy atom. The summed E-state index contributed by atoms with van der Waals surface area (Å²) in [5.74, 6) is -0.692. The van der Waals surface area contributed by atoms with Crippen LogP contribution in [-0.2, 0) is 9.53 Å². The zero-order chi connectivity index (χ0) is 16.4. The topological polar surface area (TPSA) is 38.7 Å². The molecule has 0 saturated carbocycles. The van der Waals surface area contributed by atoms with Crippen molar-refractivity contribution in [2.75, 3.05) is 7.11 Å². The summed E-state index contributed by atoms with van der Waals surface area (Å²) in [4.78, 5) is 16.9. The first kappa shape index (κ1) is 15.2. The number of hydrogen-bond acceptors (Lipinski definition) is 3. The minimum atomic E-state index is -0.956. The number of carbonyl (C=O) groups excluding carboxylic acids is 1. The van der Waals surface area contributed by atoms with Gasteiger partial charge in [0.15, 0.2) is 0 Å². The highest BCUT2D eigenvalue weighted by molar-refractivity contribution is 6.26. The van der Waals surface area contributed by atoms with Crippen LogP contribution in [0.1, 0.15) is 12.5 Å². The maximum absolute atomic E-state index is 13.1. The van der Waals surface area contributed by atoms with Crippen molar-refractivity contribution >= 4 is 22.9 Å². The molecule has 4 heteroatoms. The van der Waals surface area contributed by atoms with Crippen molar-refractivity contribution in [2.24, 2.45) is 10.4 Å². The predicted octanol–water partition coefficient (Wildman–Crippen LogP) is 4.17. The lowest BCUT2D eigenvalue weighted by Gasteiger charge is -2.16. The molecule has 0 N–H and O–H groups in total. The van der Waals surface area contributed by atoms with E-state index in [9.17, 15) is 9.18 Å². The molecule has 0 aromatic heterocycles. The van der Waals surface area contributed by atoms with Crippen LogP contribution in [-0.4, -0.2) is 18.8 Å². The lowest BCUT2D eigenvalue weighted by molar-refractivity contribution is -0.143. The molecule has 0 radical (unpaired) electrons. The van der Waals surface area contributed by atoms with Crippen molar-refractivity contribution in [3.05, 3.63) is 72.1 Å². The molecule has 116 valence electrons. The number of para-hydroxylation sites is 1. The lowest BCUT2D eigenvalue weighted by atomic mass is 9.91. The molecular weight excluding hydrogens is 293 g/mol. The molecule has 0 bridgehead atoms. The second kappa shape index (κ2) is 5.80. The molecule has 0 aliphatic heterocycles. The molecule has 2 aromatic rings. The van der Waals surface area contributed by atoms with Crippen LogP contribution in [0.3, 0.4) is 0 Å². The van der Waals surface area contributed by atoms with Crippen LogP contribution >= 0.6 is 0 Å². The van der Waals surface area contributed by atoms with Gasteiger partial charge in [-0.3, -0.25) is 9.79 Å². The quantitative estimate of drug-likeness (QED) is 0.628. The van der Waals surface area contributed by atoms with Gasteiger partial charge < -0.3 is 4.74 Å². The Bertz CT molecular complexity index is 794. The molecule has 1 unspecified atom stereocenters. The van der Waals surface area contributed by atoms with Crippen molar-refractivity contribution in [3.63, 3.8) is 0 Å². The highest BCUT2D eigenvalue weighted by Crippen LogP contribution is 2.53. The van der Waals surface area contributed by atoms with Gasteiger partial charge in [-0.2, -0.15) is 0 Å². The Hall–Kier alpha value is -2.75. The first-order valence-corrected chi connectivity index (χ1v) is 7.26. The molecule has 0 fully saturated rings. The van der Waals surface area contributed by atoms with Crippen LogP contribution in [0.2, 0.25) is 0 Å². The summed E-state index contributed by atoms with van der Waals surface area (Å²) >= 11 is 0. The second-order valence-corrected chi connectivity index (χ2v) is 5.40. The van der Waals surface area contributed by atoms with Crippen LogP contribution in [0, 0.1) is 11.2 Å². The molecule has 0 spiro atoms. The number of rotatable bonds is 4. The van der Waals surface area contributed by atoms with Crippen molar-refractivity contribution < 1.29 is 13.9 Å². The second-order valence-electron chi connectivity index (χ2n) is 5.40. The average molecular weight is 309 g/mol. The number of esters is 1. The van der Waals surface area contributed by atoms with E-state index in [4.69, 9.17) is 4.74 Å². The third kappa shape index (κ3) is 2.68. The minimum absolute atomic E-state index is 0.312. The molecule has 1 aliphatic carbocycles. The first-order chi connectivity index (χ1) is 11.1. The summed E-state index contributed by atoms with van der Waals surface area (Å²) < 4.78 is 18.1. The Kier molecular flexibility index (Phi) is 3.82. The van der Waals surface area contributed by atoms with Gasteiger partial charge in [-0.1, -0.05) is 36.4 Å². The van der Waals surface area contributed by atoms with Crippen LogP contribution < -0.4 is 0 Å². The van der Waals surface area contributed by atoms with Gasteiger partial charge in [-0.15, -0.1) is 0 Å². The number of aliphatic imine (C=N–C) groups is 1. The summed E-state index contributed by atoms with van der Waals surface area (Å²) in [5.41, 5.74) is 2.03. The fourth-order valence-electron chi connectivity index (χ4n) is 2.68. The number of methoxy groups -OCH3 is 1. The number of nitrogens with zero attached hydrogens (tertiary/aromatic N) is 1. The monoisotopic (exact) mass is 309 g/mol. The molecule has 3 rings (SSSR count). The van der Waals surface area contributed by atoms with E-state index >= 15 is 0 Å². The van der Waals surface area contributed by atoms with Gasteiger partial charge in [0.05, 0.1) is 12.8 Å². The molecule has 3 nitrogen and oxygen atoms in total. The molecule has 0 amide bonds. The molecule has 0 heterocycles. The van der Waals surface area contributed by atoms with E-state index in [0.29, 0.717) is 5.71 Å². The molecule has 1 aliphatic rings. The number of carbonyl (C=O) groups is 1. The normalized spacial score (nSPS) is 20.0. The minimum Gasteiger partial charge on any atom is -0.468 e. The summed E-state index contributed by atoms with van der Waals surface area (Å²) in [5, 5.41) is 0.